The Bertz CT molecular complexity index is 943. The molecular weight excluding hydrogens is 368 g/mol. The number of pyridine rings is 1. The van der Waals surface area contributed by atoms with Crippen molar-refractivity contribution in [1.82, 2.24) is 9.88 Å². The zero-order chi connectivity index (χ0) is 20.6. The third kappa shape index (κ3) is 5.04. The smallest absolute Gasteiger partial charge is 0.254 e. The van der Waals surface area contributed by atoms with Crippen LogP contribution in [0.15, 0.2) is 67.0 Å². The Labute approximate surface area is 170 Å². The number of carbonyl (C=O) groups excluding carboxylic acids is 1. The summed E-state index contributed by atoms with van der Waals surface area (Å²) in [7, 11) is 4.79. The van der Waals surface area contributed by atoms with Crippen molar-refractivity contribution in [1.29, 1.82) is 0 Å². The van der Waals surface area contributed by atoms with Crippen molar-refractivity contribution >= 4 is 5.91 Å². The van der Waals surface area contributed by atoms with Crippen molar-refractivity contribution in [3.63, 3.8) is 0 Å². The van der Waals surface area contributed by atoms with Gasteiger partial charge in [-0.05, 0) is 59.7 Å². The van der Waals surface area contributed by atoms with Gasteiger partial charge in [0.05, 0.1) is 21.3 Å². The normalized spacial score (nSPS) is 10.3. The molecule has 0 saturated heterocycles. The van der Waals surface area contributed by atoms with E-state index < -0.39 is 0 Å². The van der Waals surface area contributed by atoms with Crippen LogP contribution >= 0.6 is 0 Å². The minimum absolute atomic E-state index is 0.0701. The van der Waals surface area contributed by atoms with Crippen LogP contribution < -0.4 is 14.2 Å². The zero-order valence-electron chi connectivity index (χ0n) is 16.8. The summed E-state index contributed by atoms with van der Waals surface area (Å²) in [6, 6.07) is 16.6. The standard InChI is InChI=1S/C23H24N2O4/c1-27-20-7-5-19(6-8-20)23(26)25(15-17-10-12-24-13-11-17)16-18-4-9-21(28-2)22(14-18)29-3/h4-14H,15-16H2,1-3H3. The number of benzene rings is 2. The van der Waals surface area contributed by atoms with Crippen molar-refractivity contribution in [2.45, 2.75) is 13.1 Å². The first-order chi connectivity index (χ1) is 14.1. The van der Waals surface area contributed by atoms with Crippen molar-refractivity contribution in [3.8, 4) is 17.2 Å². The third-order valence-corrected chi connectivity index (χ3v) is 4.57. The molecule has 1 aromatic heterocycles. The van der Waals surface area contributed by atoms with Gasteiger partial charge < -0.3 is 19.1 Å². The minimum Gasteiger partial charge on any atom is -0.497 e. The molecule has 0 N–H and O–H groups in total. The number of aromatic nitrogens is 1. The molecule has 0 bridgehead atoms. The van der Waals surface area contributed by atoms with Gasteiger partial charge in [0.1, 0.15) is 5.75 Å². The molecule has 0 aliphatic carbocycles. The molecule has 150 valence electrons. The summed E-state index contributed by atoms with van der Waals surface area (Å²) in [5.41, 5.74) is 2.54. The average Bonchev–Trinajstić information content (AvgIpc) is 2.78. The molecule has 29 heavy (non-hydrogen) atoms. The van der Waals surface area contributed by atoms with Gasteiger partial charge in [0.2, 0.25) is 0 Å². The molecule has 0 unspecified atom stereocenters. The van der Waals surface area contributed by atoms with E-state index in [9.17, 15) is 4.79 Å². The number of nitrogens with zero attached hydrogens (tertiary/aromatic N) is 2. The second-order valence-corrected chi connectivity index (χ2v) is 6.43. The van der Waals surface area contributed by atoms with Gasteiger partial charge in [0, 0.05) is 31.0 Å². The Morgan fingerprint density at radius 2 is 1.45 bits per heavy atom. The second kappa shape index (κ2) is 9.59. The fraction of sp³-hybridized carbons (Fsp3) is 0.217. The van der Waals surface area contributed by atoms with Gasteiger partial charge in [-0.3, -0.25) is 9.78 Å². The molecule has 2 aromatic carbocycles. The first kappa shape index (κ1) is 20.2. The first-order valence-corrected chi connectivity index (χ1v) is 9.17. The number of amides is 1. The summed E-state index contributed by atoms with van der Waals surface area (Å²) in [5, 5.41) is 0. The zero-order valence-corrected chi connectivity index (χ0v) is 16.8. The lowest BCUT2D eigenvalue weighted by atomic mass is 10.1. The highest BCUT2D eigenvalue weighted by molar-refractivity contribution is 5.94. The summed E-state index contributed by atoms with van der Waals surface area (Å²) in [6.45, 7) is 0.884. The number of ether oxygens (including phenoxy) is 3. The summed E-state index contributed by atoms with van der Waals surface area (Å²) >= 11 is 0. The minimum atomic E-state index is -0.0701. The molecular formula is C23H24N2O4. The lowest BCUT2D eigenvalue weighted by Gasteiger charge is -2.24. The molecule has 3 rings (SSSR count). The summed E-state index contributed by atoms with van der Waals surface area (Å²) in [5.74, 6) is 1.92. The van der Waals surface area contributed by atoms with Gasteiger partial charge >= 0.3 is 0 Å². The number of hydrogen-bond acceptors (Lipinski definition) is 5. The van der Waals surface area contributed by atoms with E-state index in [-0.39, 0.29) is 5.91 Å². The molecule has 0 saturated carbocycles. The summed E-state index contributed by atoms with van der Waals surface area (Å²) in [4.78, 5) is 19.1. The topological polar surface area (TPSA) is 60.9 Å². The molecule has 0 aliphatic heterocycles. The van der Waals surface area contributed by atoms with Gasteiger partial charge in [0.15, 0.2) is 11.5 Å². The molecule has 0 spiro atoms. The van der Waals surface area contributed by atoms with Crippen LogP contribution in [0.5, 0.6) is 17.2 Å². The van der Waals surface area contributed by atoms with Crippen LogP contribution in [-0.4, -0.2) is 37.1 Å². The Morgan fingerprint density at radius 1 is 0.793 bits per heavy atom. The highest BCUT2D eigenvalue weighted by atomic mass is 16.5. The van der Waals surface area contributed by atoms with Crippen LogP contribution in [-0.2, 0) is 13.1 Å². The highest BCUT2D eigenvalue weighted by Crippen LogP contribution is 2.28. The number of hydrogen-bond donors (Lipinski definition) is 0. The average molecular weight is 392 g/mol. The van der Waals surface area contributed by atoms with Crippen LogP contribution in [0.25, 0.3) is 0 Å². The molecule has 1 heterocycles. The Morgan fingerprint density at radius 3 is 2.07 bits per heavy atom. The molecule has 3 aromatic rings. The van der Waals surface area contributed by atoms with Gasteiger partial charge in [0.25, 0.3) is 5.91 Å². The van der Waals surface area contributed by atoms with Crippen LogP contribution in [0.1, 0.15) is 21.5 Å². The lowest BCUT2D eigenvalue weighted by molar-refractivity contribution is 0.0730. The molecule has 0 fully saturated rings. The number of rotatable bonds is 8. The Kier molecular flexibility index (Phi) is 6.68. The van der Waals surface area contributed by atoms with Crippen LogP contribution in [0.3, 0.4) is 0 Å². The fourth-order valence-electron chi connectivity index (χ4n) is 3.02. The molecule has 0 aliphatic rings. The maximum Gasteiger partial charge on any atom is 0.254 e. The monoisotopic (exact) mass is 392 g/mol. The van der Waals surface area contributed by atoms with Crippen LogP contribution in [0, 0.1) is 0 Å². The fourth-order valence-corrected chi connectivity index (χ4v) is 3.02. The van der Waals surface area contributed by atoms with E-state index in [1.54, 1.807) is 62.9 Å². The van der Waals surface area contributed by atoms with E-state index in [0.29, 0.717) is 35.9 Å². The molecule has 0 atom stereocenters. The maximum absolute atomic E-state index is 13.2. The molecule has 6 nitrogen and oxygen atoms in total. The van der Waals surface area contributed by atoms with Crippen molar-refractivity contribution in [3.05, 3.63) is 83.7 Å². The molecule has 1 amide bonds. The van der Waals surface area contributed by atoms with Crippen molar-refractivity contribution in [2.75, 3.05) is 21.3 Å². The Balaban J connectivity index is 1.89. The van der Waals surface area contributed by atoms with Crippen LogP contribution in [0.2, 0.25) is 0 Å². The van der Waals surface area contributed by atoms with Gasteiger partial charge in [-0.1, -0.05) is 6.07 Å². The predicted molar refractivity (Wildman–Crippen MR) is 110 cm³/mol. The maximum atomic E-state index is 13.2. The van der Waals surface area contributed by atoms with Crippen LogP contribution in [0.4, 0.5) is 0 Å². The van der Waals surface area contributed by atoms with E-state index in [4.69, 9.17) is 14.2 Å². The van der Waals surface area contributed by atoms with E-state index in [1.807, 2.05) is 30.3 Å². The summed E-state index contributed by atoms with van der Waals surface area (Å²) in [6.07, 6.45) is 3.45. The molecule has 6 heteroatoms. The van der Waals surface area contributed by atoms with Gasteiger partial charge in [-0.15, -0.1) is 0 Å². The quantitative estimate of drug-likeness (QED) is 0.581. The van der Waals surface area contributed by atoms with Crippen molar-refractivity contribution in [2.24, 2.45) is 0 Å². The van der Waals surface area contributed by atoms with Crippen molar-refractivity contribution < 1.29 is 19.0 Å². The molecule has 0 radical (unpaired) electrons. The lowest BCUT2D eigenvalue weighted by Crippen LogP contribution is -2.30. The number of carbonyl (C=O) groups is 1. The SMILES string of the molecule is COc1ccc(C(=O)N(Cc2ccncc2)Cc2ccc(OC)c(OC)c2)cc1. The third-order valence-electron chi connectivity index (χ3n) is 4.57. The van der Waals surface area contributed by atoms with E-state index in [2.05, 4.69) is 4.98 Å². The van der Waals surface area contributed by atoms with E-state index in [1.165, 1.54) is 0 Å². The second-order valence-electron chi connectivity index (χ2n) is 6.43. The first-order valence-electron chi connectivity index (χ1n) is 9.17. The van der Waals surface area contributed by atoms with E-state index in [0.717, 1.165) is 11.1 Å². The Hall–Kier alpha value is -3.54. The van der Waals surface area contributed by atoms with E-state index >= 15 is 0 Å². The number of methoxy groups -OCH3 is 3. The summed E-state index contributed by atoms with van der Waals surface area (Å²) < 4.78 is 15.9. The largest absolute Gasteiger partial charge is 0.497 e. The van der Waals surface area contributed by atoms with Gasteiger partial charge in [-0.2, -0.15) is 0 Å². The highest BCUT2D eigenvalue weighted by Gasteiger charge is 2.18. The predicted octanol–water partition coefficient (Wildman–Crippen LogP) is 3.95. The van der Waals surface area contributed by atoms with Gasteiger partial charge in [-0.25, -0.2) is 0 Å².